The van der Waals surface area contributed by atoms with Gasteiger partial charge >= 0.3 is 0 Å². The van der Waals surface area contributed by atoms with Crippen LogP contribution in [0.15, 0.2) is 29.2 Å². The predicted molar refractivity (Wildman–Crippen MR) is 131 cm³/mol. The molecule has 184 valence electrons. The van der Waals surface area contributed by atoms with Crippen LogP contribution in [0, 0.1) is 0 Å². The van der Waals surface area contributed by atoms with Crippen LogP contribution in [-0.4, -0.2) is 75.9 Å². The summed E-state index contributed by atoms with van der Waals surface area (Å²) in [6.45, 7) is 6.15. The highest BCUT2D eigenvalue weighted by Gasteiger charge is 2.29. The SMILES string of the molecule is CCCN1CCc2c(sc(NC(=O)c3ccc(S(=O)(=O)N4CCOCC4)cc3)c2C(=O)NC)C1. The van der Waals surface area contributed by atoms with Gasteiger partial charge in [0.05, 0.1) is 23.7 Å². The fourth-order valence-electron chi connectivity index (χ4n) is 4.31. The number of hydrogen-bond acceptors (Lipinski definition) is 7. The van der Waals surface area contributed by atoms with Crippen LogP contribution in [0.1, 0.15) is 44.5 Å². The Labute approximate surface area is 204 Å². The van der Waals surface area contributed by atoms with E-state index in [1.54, 1.807) is 7.05 Å². The van der Waals surface area contributed by atoms with E-state index in [-0.39, 0.29) is 16.7 Å². The first kappa shape index (κ1) is 24.8. The molecule has 1 saturated heterocycles. The lowest BCUT2D eigenvalue weighted by Crippen LogP contribution is -2.40. The number of benzene rings is 1. The zero-order chi connectivity index (χ0) is 24.3. The third-order valence-electron chi connectivity index (χ3n) is 6.08. The second-order valence-corrected chi connectivity index (χ2v) is 11.4. The van der Waals surface area contributed by atoms with E-state index in [2.05, 4.69) is 22.5 Å². The van der Waals surface area contributed by atoms with Crippen molar-refractivity contribution in [3.63, 3.8) is 0 Å². The number of amides is 2. The van der Waals surface area contributed by atoms with Crippen molar-refractivity contribution in [2.24, 2.45) is 0 Å². The van der Waals surface area contributed by atoms with Gasteiger partial charge in [-0.25, -0.2) is 8.42 Å². The van der Waals surface area contributed by atoms with Gasteiger partial charge in [0.2, 0.25) is 10.0 Å². The summed E-state index contributed by atoms with van der Waals surface area (Å²) in [5, 5.41) is 6.10. The number of rotatable bonds is 7. The number of fused-ring (bicyclic) bond motifs is 1. The van der Waals surface area contributed by atoms with E-state index in [1.807, 2.05) is 0 Å². The molecule has 1 aromatic heterocycles. The number of anilines is 1. The number of hydrogen-bond donors (Lipinski definition) is 2. The zero-order valence-electron chi connectivity index (χ0n) is 19.4. The summed E-state index contributed by atoms with van der Waals surface area (Å²) in [6, 6.07) is 5.89. The largest absolute Gasteiger partial charge is 0.379 e. The summed E-state index contributed by atoms with van der Waals surface area (Å²) in [6.07, 6.45) is 1.82. The number of sulfonamides is 1. The van der Waals surface area contributed by atoms with Crippen LogP contribution in [0.4, 0.5) is 5.00 Å². The van der Waals surface area contributed by atoms with Gasteiger partial charge in [-0.1, -0.05) is 6.92 Å². The van der Waals surface area contributed by atoms with Crippen LogP contribution < -0.4 is 10.6 Å². The molecule has 3 heterocycles. The van der Waals surface area contributed by atoms with E-state index < -0.39 is 10.0 Å². The van der Waals surface area contributed by atoms with Crippen molar-refractivity contribution in [3.8, 4) is 0 Å². The molecule has 4 rings (SSSR count). The summed E-state index contributed by atoms with van der Waals surface area (Å²) >= 11 is 1.44. The monoisotopic (exact) mass is 506 g/mol. The molecule has 0 atom stereocenters. The van der Waals surface area contributed by atoms with Crippen molar-refractivity contribution in [3.05, 3.63) is 45.8 Å². The van der Waals surface area contributed by atoms with Gasteiger partial charge < -0.3 is 15.4 Å². The third kappa shape index (κ3) is 5.03. The Kier molecular flexibility index (Phi) is 7.68. The van der Waals surface area contributed by atoms with Crippen LogP contribution in [0.25, 0.3) is 0 Å². The van der Waals surface area contributed by atoms with Gasteiger partial charge in [-0.2, -0.15) is 4.31 Å². The number of carbonyl (C=O) groups is 2. The van der Waals surface area contributed by atoms with E-state index in [0.29, 0.717) is 42.4 Å². The second-order valence-electron chi connectivity index (χ2n) is 8.31. The molecule has 2 N–H and O–H groups in total. The van der Waals surface area contributed by atoms with Gasteiger partial charge in [0.1, 0.15) is 5.00 Å². The van der Waals surface area contributed by atoms with Gasteiger partial charge in [-0.15, -0.1) is 11.3 Å². The Morgan fingerprint density at radius 2 is 1.79 bits per heavy atom. The molecule has 34 heavy (non-hydrogen) atoms. The number of nitrogens with one attached hydrogen (secondary N) is 2. The van der Waals surface area contributed by atoms with E-state index in [0.717, 1.165) is 42.9 Å². The van der Waals surface area contributed by atoms with Crippen molar-refractivity contribution in [1.29, 1.82) is 0 Å². The summed E-state index contributed by atoms with van der Waals surface area (Å²) in [7, 11) is -2.05. The summed E-state index contributed by atoms with van der Waals surface area (Å²) in [5.74, 6) is -0.604. The van der Waals surface area contributed by atoms with Crippen LogP contribution in [-0.2, 0) is 27.7 Å². The van der Waals surface area contributed by atoms with Crippen molar-refractivity contribution < 1.29 is 22.7 Å². The molecular weight excluding hydrogens is 476 g/mol. The smallest absolute Gasteiger partial charge is 0.256 e. The molecule has 2 aliphatic heterocycles. The summed E-state index contributed by atoms with van der Waals surface area (Å²) in [5.41, 5.74) is 1.85. The molecule has 0 saturated carbocycles. The fourth-order valence-corrected chi connectivity index (χ4v) is 7.00. The fraction of sp³-hybridized carbons (Fsp3) is 0.478. The molecule has 2 aliphatic rings. The Morgan fingerprint density at radius 1 is 1.09 bits per heavy atom. The maximum absolute atomic E-state index is 13.0. The number of thiophene rings is 1. The Balaban J connectivity index is 1.54. The first-order chi connectivity index (χ1) is 16.3. The van der Waals surface area contributed by atoms with Crippen molar-refractivity contribution in [2.75, 3.05) is 51.8 Å². The Hall–Kier alpha value is -2.31. The lowest BCUT2D eigenvalue weighted by atomic mass is 10.0. The van der Waals surface area contributed by atoms with Crippen molar-refractivity contribution in [2.45, 2.75) is 31.2 Å². The van der Waals surface area contributed by atoms with E-state index in [9.17, 15) is 18.0 Å². The topological polar surface area (TPSA) is 108 Å². The molecule has 1 aromatic carbocycles. The van der Waals surface area contributed by atoms with Crippen molar-refractivity contribution >= 4 is 38.2 Å². The maximum Gasteiger partial charge on any atom is 0.256 e. The van der Waals surface area contributed by atoms with E-state index in [4.69, 9.17) is 4.74 Å². The van der Waals surface area contributed by atoms with Crippen LogP contribution in [0.2, 0.25) is 0 Å². The molecule has 0 unspecified atom stereocenters. The highest BCUT2D eigenvalue weighted by molar-refractivity contribution is 7.89. The number of morpholine rings is 1. The summed E-state index contributed by atoms with van der Waals surface area (Å²) in [4.78, 5) is 29.2. The molecule has 0 bridgehead atoms. The first-order valence-corrected chi connectivity index (χ1v) is 13.7. The van der Waals surface area contributed by atoms with Gasteiger partial charge in [0.25, 0.3) is 11.8 Å². The normalized spacial score (nSPS) is 17.2. The zero-order valence-corrected chi connectivity index (χ0v) is 21.1. The molecule has 2 aromatic rings. The average Bonchev–Trinajstić information content (AvgIpc) is 3.21. The number of ether oxygens (including phenoxy) is 1. The second kappa shape index (κ2) is 10.5. The van der Waals surface area contributed by atoms with Crippen molar-refractivity contribution in [1.82, 2.24) is 14.5 Å². The molecule has 11 heteroatoms. The third-order valence-corrected chi connectivity index (χ3v) is 9.13. The van der Waals surface area contributed by atoms with Gasteiger partial charge in [-0.05, 0) is 49.2 Å². The molecular formula is C23H30N4O5S2. The minimum absolute atomic E-state index is 0.139. The molecule has 0 radical (unpaired) electrons. The Morgan fingerprint density at radius 3 is 2.44 bits per heavy atom. The summed E-state index contributed by atoms with van der Waals surface area (Å²) < 4.78 is 32.3. The lowest BCUT2D eigenvalue weighted by Gasteiger charge is -2.26. The number of carbonyl (C=O) groups excluding carboxylic acids is 2. The lowest BCUT2D eigenvalue weighted by molar-refractivity contribution is 0.0730. The molecule has 1 fully saturated rings. The quantitative estimate of drug-likeness (QED) is 0.596. The maximum atomic E-state index is 13.0. The van der Waals surface area contributed by atoms with E-state index >= 15 is 0 Å². The van der Waals surface area contributed by atoms with Crippen LogP contribution >= 0.6 is 11.3 Å². The standard InChI is InChI=1S/C23H30N4O5S2/c1-3-9-26-10-8-18-19(15-26)33-23(20(18)22(29)24-2)25-21(28)16-4-6-17(7-5-16)34(30,31)27-11-13-32-14-12-27/h4-7H,3,8-15H2,1-2H3,(H,24,29)(H,25,28). The molecule has 2 amide bonds. The average molecular weight is 507 g/mol. The van der Waals surface area contributed by atoms with Gasteiger partial charge in [0.15, 0.2) is 0 Å². The first-order valence-electron chi connectivity index (χ1n) is 11.4. The molecule has 0 aliphatic carbocycles. The predicted octanol–water partition coefficient (Wildman–Crippen LogP) is 2.15. The number of nitrogens with zero attached hydrogens (tertiary/aromatic N) is 2. The van der Waals surface area contributed by atoms with Crippen LogP contribution in [0.5, 0.6) is 0 Å². The van der Waals surface area contributed by atoms with Gasteiger partial charge in [0, 0.05) is 43.7 Å². The van der Waals surface area contributed by atoms with E-state index in [1.165, 1.54) is 39.9 Å². The molecule has 0 spiro atoms. The Bertz CT molecular complexity index is 1150. The minimum atomic E-state index is -3.63. The minimum Gasteiger partial charge on any atom is -0.379 e. The highest BCUT2D eigenvalue weighted by atomic mass is 32.2. The highest BCUT2D eigenvalue weighted by Crippen LogP contribution is 2.37. The molecule has 9 nitrogen and oxygen atoms in total. The van der Waals surface area contributed by atoms with Gasteiger partial charge in [-0.3, -0.25) is 14.5 Å². The van der Waals surface area contributed by atoms with Crippen LogP contribution in [0.3, 0.4) is 0 Å².